The van der Waals surface area contributed by atoms with Crippen LogP contribution >= 0.6 is 0 Å². The predicted molar refractivity (Wildman–Crippen MR) is 84.7 cm³/mol. The molecule has 0 bridgehead atoms. The first-order chi connectivity index (χ1) is 10.8. The van der Waals surface area contributed by atoms with Gasteiger partial charge in [0, 0.05) is 43.7 Å². The van der Waals surface area contributed by atoms with Crippen molar-refractivity contribution in [1.29, 1.82) is 0 Å². The highest BCUT2D eigenvalue weighted by Gasteiger charge is 2.20. The van der Waals surface area contributed by atoms with Gasteiger partial charge in [0.15, 0.2) is 0 Å². The van der Waals surface area contributed by atoms with Gasteiger partial charge in [-0.05, 0) is 25.0 Å². The maximum absolute atomic E-state index is 5.80. The van der Waals surface area contributed by atoms with Crippen molar-refractivity contribution in [3.63, 3.8) is 0 Å². The van der Waals surface area contributed by atoms with Crippen molar-refractivity contribution in [2.75, 3.05) is 20.3 Å². The molecule has 1 atom stereocenters. The zero-order chi connectivity index (χ0) is 15.2. The number of benzene rings is 1. The molecule has 0 saturated carbocycles. The Balaban J connectivity index is 1.71. The van der Waals surface area contributed by atoms with Crippen LogP contribution in [0.4, 0.5) is 0 Å². The molecule has 1 aliphatic rings. The summed E-state index contributed by atoms with van der Waals surface area (Å²) < 4.78 is 11.3. The Morgan fingerprint density at radius 3 is 2.95 bits per heavy atom. The van der Waals surface area contributed by atoms with E-state index >= 15 is 0 Å². The molecule has 0 spiro atoms. The van der Waals surface area contributed by atoms with Crippen LogP contribution in [0.25, 0.3) is 0 Å². The number of H-pyrrole nitrogens is 1. The molecule has 1 aromatic carbocycles. The van der Waals surface area contributed by atoms with Crippen LogP contribution in [0.2, 0.25) is 0 Å². The zero-order valence-corrected chi connectivity index (χ0v) is 13.0. The third-order valence-corrected chi connectivity index (χ3v) is 4.02. The number of hydrogen-bond acceptors (Lipinski definition) is 4. The molecule has 0 amide bonds. The second kappa shape index (κ2) is 7.42. The minimum atomic E-state index is 0.331. The van der Waals surface area contributed by atoms with E-state index in [-0.39, 0.29) is 0 Å². The number of hydrogen-bond donors (Lipinski definition) is 1. The van der Waals surface area contributed by atoms with Gasteiger partial charge in [-0.3, -0.25) is 10.00 Å². The Bertz CT molecular complexity index is 565. The van der Waals surface area contributed by atoms with E-state index in [2.05, 4.69) is 27.2 Å². The molecule has 0 radical (unpaired) electrons. The fraction of sp³-hybridized carbons (Fsp3) is 0.471. The molecule has 2 heterocycles. The van der Waals surface area contributed by atoms with Crippen LogP contribution in [0.5, 0.6) is 5.75 Å². The minimum absolute atomic E-state index is 0.331. The zero-order valence-electron chi connectivity index (χ0n) is 13.0. The van der Waals surface area contributed by atoms with Crippen LogP contribution in [0, 0.1) is 0 Å². The summed E-state index contributed by atoms with van der Waals surface area (Å²) in [5.41, 5.74) is 2.32. The third kappa shape index (κ3) is 3.87. The maximum Gasteiger partial charge on any atom is 0.123 e. The van der Waals surface area contributed by atoms with Gasteiger partial charge in [0.2, 0.25) is 0 Å². The number of aromatic nitrogens is 2. The maximum atomic E-state index is 5.80. The SMILES string of the molecule is COc1ccccc1CN(Cc1ccn[nH]1)CC1CCCO1. The number of para-hydroxylation sites is 1. The van der Waals surface area contributed by atoms with Crippen molar-refractivity contribution in [2.24, 2.45) is 0 Å². The summed E-state index contributed by atoms with van der Waals surface area (Å²) in [4.78, 5) is 2.39. The van der Waals surface area contributed by atoms with Crippen LogP contribution in [-0.2, 0) is 17.8 Å². The molecule has 0 aliphatic carbocycles. The van der Waals surface area contributed by atoms with Gasteiger partial charge in [0.25, 0.3) is 0 Å². The first-order valence-corrected chi connectivity index (χ1v) is 7.79. The number of nitrogens with one attached hydrogen (secondary N) is 1. The molecule has 1 saturated heterocycles. The van der Waals surface area contributed by atoms with Gasteiger partial charge < -0.3 is 9.47 Å². The summed E-state index contributed by atoms with van der Waals surface area (Å²) in [6, 6.07) is 10.2. The van der Waals surface area contributed by atoms with Crippen LogP contribution in [0.1, 0.15) is 24.1 Å². The second-order valence-electron chi connectivity index (χ2n) is 5.70. The lowest BCUT2D eigenvalue weighted by Gasteiger charge is -2.25. The van der Waals surface area contributed by atoms with Gasteiger partial charge >= 0.3 is 0 Å². The Hall–Kier alpha value is -1.85. The Morgan fingerprint density at radius 2 is 2.23 bits per heavy atom. The Kier molecular flexibility index (Phi) is 5.08. The summed E-state index contributed by atoms with van der Waals surface area (Å²) in [7, 11) is 1.72. The number of methoxy groups -OCH3 is 1. The van der Waals surface area contributed by atoms with Crippen molar-refractivity contribution in [3.8, 4) is 5.75 Å². The van der Waals surface area contributed by atoms with Gasteiger partial charge in [-0.15, -0.1) is 0 Å². The van der Waals surface area contributed by atoms with Gasteiger partial charge in [0.05, 0.1) is 13.2 Å². The van der Waals surface area contributed by atoms with Crippen LogP contribution in [0.3, 0.4) is 0 Å². The lowest BCUT2D eigenvalue weighted by Crippen LogP contribution is -2.31. The molecular formula is C17H23N3O2. The Morgan fingerprint density at radius 1 is 1.32 bits per heavy atom. The lowest BCUT2D eigenvalue weighted by molar-refractivity contribution is 0.0672. The van der Waals surface area contributed by atoms with E-state index in [4.69, 9.17) is 9.47 Å². The highest BCUT2D eigenvalue weighted by molar-refractivity contribution is 5.33. The fourth-order valence-electron chi connectivity index (χ4n) is 2.95. The minimum Gasteiger partial charge on any atom is -0.496 e. The normalized spacial score (nSPS) is 18.0. The summed E-state index contributed by atoms with van der Waals surface area (Å²) in [6.07, 6.45) is 4.43. The number of nitrogens with zero attached hydrogens (tertiary/aromatic N) is 2. The summed E-state index contributed by atoms with van der Waals surface area (Å²) >= 11 is 0. The van der Waals surface area contributed by atoms with Crippen molar-refractivity contribution in [3.05, 3.63) is 47.8 Å². The molecule has 1 unspecified atom stereocenters. The molecule has 1 aromatic heterocycles. The highest BCUT2D eigenvalue weighted by Crippen LogP contribution is 2.22. The average Bonchev–Trinajstić information content (AvgIpc) is 3.21. The van der Waals surface area contributed by atoms with Crippen molar-refractivity contribution >= 4 is 0 Å². The monoisotopic (exact) mass is 301 g/mol. The molecule has 2 aromatic rings. The predicted octanol–water partition coefficient (Wildman–Crippen LogP) is 2.60. The standard InChI is InChI=1S/C17H23N3O2/c1-21-17-7-3-2-5-14(17)11-20(12-15-8-9-18-19-15)13-16-6-4-10-22-16/h2-3,5,7-9,16H,4,6,10-13H2,1H3,(H,18,19). The molecule has 118 valence electrons. The van der Waals surface area contributed by atoms with E-state index in [0.717, 1.165) is 50.5 Å². The van der Waals surface area contributed by atoms with E-state index in [1.54, 1.807) is 13.3 Å². The number of ether oxygens (including phenoxy) is 2. The molecular weight excluding hydrogens is 278 g/mol. The number of aromatic amines is 1. The number of rotatable bonds is 7. The molecule has 22 heavy (non-hydrogen) atoms. The summed E-state index contributed by atoms with van der Waals surface area (Å²) in [5.74, 6) is 0.935. The van der Waals surface area contributed by atoms with Crippen molar-refractivity contribution in [2.45, 2.75) is 32.0 Å². The van der Waals surface area contributed by atoms with Crippen molar-refractivity contribution < 1.29 is 9.47 Å². The van der Waals surface area contributed by atoms with Gasteiger partial charge in [0.1, 0.15) is 5.75 Å². The van der Waals surface area contributed by atoms with Crippen LogP contribution in [-0.4, -0.2) is 41.5 Å². The smallest absolute Gasteiger partial charge is 0.123 e. The van der Waals surface area contributed by atoms with E-state index in [1.165, 1.54) is 5.56 Å². The third-order valence-electron chi connectivity index (χ3n) is 4.02. The van der Waals surface area contributed by atoms with Crippen molar-refractivity contribution in [1.82, 2.24) is 15.1 Å². The van der Waals surface area contributed by atoms with Gasteiger partial charge in [-0.1, -0.05) is 18.2 Å². The molecule has 3 rings (SSSR count). The van der Waals surface area contributed by atoms with E-state index in [1.807, 2.05) is 18.2 Å². The van der Waals surface area contributed by atoms with Crippen LogP contribution in [0.15, 0.2) is 36.5 Å². The second-order valence-corrected chi connectivity index (χ2v) is 5.70. The van der Waals surface area contributed by atoms with E-state index < -0.39 is 0 Å². The molecule has 5 nitrogen and oxygen atoms in total. The molecule has 5 heteroatoms. The first kappa shape index (κ1) is 15.1. The topological polar surface area (TPSA) is 50.4 Å². The highest BCUT2D eigenvalue weighted by atomic mass is 16.5. The van der Waals surface area contributed by atoms with Gasteiger partial charge in [-0.2, -0.15) is 5.10 Å². The summed E-state index contributed by atoms with van der Waals surface area (Å²) in [6.45, 7) is 3.48. The summed E-state index contributed by atoms with van der Waals surface area (Å²) in [5, 5.41) is 7.08. The average molecular weight is 301 g/mol. The Labute approximate surface area is 131 Å². The molecule has 1 fully saturated rings. The van der Waals surface area contributed by atoms with Gasteiger partial charge in [-0.25, -0.2) is 0 Å². The van der Waals surface area contributed by atoms with E-state index in [9.17, 15) is 0 Å². The largest absolute Gasteiger partial charge is 0.496 e. The lowest BCUT2D eigenvalue weighted by atomic mass is 10.1. The fourth-order valence-corrected chi connectivity index (χ4v) is 2.95. The quantitative estimate of drug-likeness (QED) is 0.854. The first-order valence-electron chi connectivity index (χ1n) is 7.79. The van der Waals surface area contributed by atoms with E-state index in [0.29, 0.717) is 6.10 Å². The van der Waals surface area contributed by atoms with Crippen LogP contribution < -0.4 is 4.74 Å². The molecule has 1 N–H and O–H groups in total. The molecule has 1 aliphatic heterocycles.